The molecule has 1 aromatic rings. The van der Waals surface area contributed by atoms with Gasteiger partial charge in [-0.1, -0.05) is 6.07 Å². The minimum atomic E-state index is -0.471. The number of carbonyl (C=O) groups excluding carboxylic acids is 1. The molecule has 0 N–H and O–H groups in total. The maximum atomic E-state index is 11.8. The molecule has 1 aromatic heterocycles. The molecule has 5 heteroatoms. The molecule has 2 heterocycles. The summed E-state index contributed by atoms with van der Waals surface area (Å²) >= 11 is 0. The maximum absolute atomic E-state index is 11.8. The van der Waals surface area contributed by atoms with Crippen LogP contribution in [0.1, 0.15) is 38.1 Å². The molecule has 0 bridgehead atoms. The van der Waals surface area contributed by atoms with Crippen LogP contribution in [0, 0.1) is 11.3 Å². The van der Waals surface area contributed by atoms with Gasteiger partial charge in [-0.15, -0.1) is 0 Å². The zero-order valence-corrected chi connectivity index (χ0v) is 11.4. The van der Waals surface area contributed by atoms with Crippen molar-refractivity contribution in [2.75, 3.05) is 13.1 Å². The maximum Gasteiger partial charge on any atom is 0.410 e. The van der Waals surface area contributed by atoms with Crippen molar-refractivity contribution in [2.24, 2.45) is 0 Å². The Morgan fingerprint density at radius 2 is 2.16 bits per heavy atom. The number of hydrogen-bond donors (Lipinski definition) is 0. The number of nitrogens with zero attached hydrogens (tertiary/aromatic N) is 3. The van der Waals surface area contributed by atoms with Gasteiger partial charge in [0.1, 0.15) is 17.4 Å². The Balaban J connectivity index is 1.93. The van der Waals surface area contributed by atoms with Gasteiger partial charge in [-0.3, -0.25) is 0 Å². The van der Waals surface area contributed by atoms with E-state index in [-0.39, 0.29) is 12.0 Å². The van der Waals surface area contributed by atoms with Gasteiger partial charge in [0.2, 0.25) is 0 Å². The third-order valence-electron chi connectivity index (χ3n) is 2.84. The highest BCUT2D eigenvalue weighted by Crippen LogP contribution is 2.27. The molecular formula is C14H17N3O2. The second-order valence-corrected chi connectivity index (χ2v) is 5.64. The lowest BCUT2D eigenvalue weighted by atomic mass is 9.96. The summed E-state index contributed by atoms with van der Waals surface area (Å²) in [4.78, 5) is 17.7. The number of likely N-dealkylation sites (tertiary alicyclic amines) is 1. The lowest BCUT2D eigenvalue weighted by Crippen LogP contribution is -2.50. The minimum Gasteiger partial charge on any atom is -0.444 e. The van der Waals surface area contributed by atoms with Crippen molar-refractivity contribution in [1.29, 1.82) is 5.26 Å². The molecule has 0 aromatic carbocycles. The van der Waals surface area contributed by atoms with Crippen LogP contribution in [0.3, 0.4) is 0 Å². The first-order chi connectivity index (χ1) is 8.89. The molecule has 0 spiro atoms. The van der Waals surface area contributed by atoms with E-state index in [0.717, 1.165) is 5.69 Å². The number of carbonyl (C=O) groups is 1. The summed E-state index contributed by atoms with van der Waals surface area (Å²) in [5.41, 5.74) is 0.799. The van der Waals surface area contributed by atoms with Crippen molar-refractivity contribution >= 4 is 6.09 Å². The summed E-state index contributed by atoms with van der Waals surface area (Å²) in [5, 5.41) is 8.81. The molecule has 1 fully saturated rings. The van der Waals surface area contributed by atoms with E-state index in [4.69, 9.17) is 10.00 Å². The lowest BCUT2D eigenvalue weighted by molar-refractivity contribution is 0.00787. The molecular weight excluding hydrogens is 242 g/mol. The average molecular weight is 259 g/mol. The molecule has 100 valence electrons. The Labute approximate surface area is 112 Å². The highest BCUT2D eigenvalue weighted by atomic mass is 16.6. The van der Waals surface area contributed by atoms with Crippen LogP contribution in [-0.2, 0) is 4.74 Å². The van der Waals surface area contributed by atoms with Crippen molar-refractivity contribution in [3.63, 3.8) is 0 Å². The number of nitriles is 1. The van der Waals surface area contributed by atoms with Crippen LogP contribution in [0.2, 0.25) is 0 Å². The van der Waals surface area contributed by atoms with E-state index in [1.807, 2.05) is 39.0 Å². The highest BCUT2D eigenvalue weighted by molar-refractivity contribution is 5.69. The van der Waals surface area contributed by atoms with E-state index < -0.39 is 5.60 Å². The number of aromatic nitrogens is 1. The van der Waals surface area contributed by atoms with Gasteiger partial charge in [-0.05, 0) is 32.9 Å². The Morgan fingerprint density at radius 3 is 2.74 bits per heavy atom. The van der Waals surface area contributed by atoms with Crippen molar-refractivity contribution in [2.45, 2.75) is 32.3 Å². The number of hydrogen-bond acceptors (Lipinski definition) is 4. The van der Waals surface area contributed by atoms with E-state index in [1.165, 1.54) is 0 Å². The largest absolute Gasteiger partial charge is 0.444 e. The number of ether oxygens (including phenoxy) is 1. The van der Waals surface area contributed by atoms with Crippen LogP contribution < -0.4 is 0 Å². The number of rotatable bonds is 1. The van der Waals surface area contributed by atoms with Gasteiger partial charge >= 0.3 is 6.09 Å². The molecule has 0 unspecified atom stereocenters. The lowest BCUT2D eigenvalue weighted by Gasteiger charge is -2.39. The quantitative estimate of drug-likeness (QED) is 0.776. The van der Waals surface area contributed by atoms with Crippen molar-refractivity contribution in [3.05, 3.63) is 29.6 Å². The molecule has 1 saturated heterocycles. The standard InChI is InChI=1S/C14H17N3O2/c1-14(2,3)19-13(18)17-8-10(9-17)12-6-4-5-11(7-15)16-12/h4-6,10H,8-9H2,1-3H3. The Morgan fingerprint density at radius 1 is 1.47 bits per heavy atom. The minimum absolute atomic E-state index is 0.195. The van der Waals surface area contributed by atoms with Crippen molar-refractivity contribution in [3.8, 4) is 6.07 Å². The van der Waals surface area contributed by atoms with Crippen LogP contribution in [0.5, 0.6) is 0 Å². The smallest absolute Gasteiger partial charge is 0.410 e. The van der Waals surface area contributed by atoms with Gasteiger partial charge in [-0.2, -0.15) is 5.26 Å². The molecule has 0 atom stereocenters. The van der Waals surface area contributed by atoms with Crippen LogP contribution in [0.4, 0.5) is 4.79 Å². The summed E-state index contributed by atoms with van der Waals surface area (Å²) < 4.78 is 5.28. The Hall–Kier alpha value is -2.09. The van der Waals surface area contributed by atoms with E-state index >= 15 is 0 Å². The molecule has 19 heavy (non-hydrogen) atoms. The first-order valence-corrected chi connectivity index (χ1v) is 6.24. The van der Waals surface area contributed by atoms with Gasteiger partial charge in [0.25, 0.3) is 0 Å². The third kappa shape index (κ3) is 3.22. The monoisotopic (exact) mass is 259 g/mol. The van der Waals surface area contributed by atoms with E-state index in [0.29, 0.717) is 18.8 Å². The summed E-state index contributed by atoms with van der Waals surface area (Å²) in [6, 6.07) is 7.40. The zero-order valence-electron chi connectivity index (χ0n) is 11.4. The fourth-order valence-corrected chi connectivity index (χ4v) is 1.88. The molecule has 0 aliphatic carbocycles. The predicted molar refractivity (Wildman–Crippen MR) is 69.5 cm³/mol. The predicted octanol–water partition coefficient (Wildman–Crippen LogP) is 2.29. The fourth-order valence-electron chi connectivity index (χ4n) is 1.88. The second kappa shape index (κ2) is 4.88. The zero-order chi connectivity index (χ0) is 14.0. The van der Waals surface area contributed by atoms with Crippen molar-refractivity contribution < 1.29 is 9.53 Å². The SMILES string of the molecule is CC(C)(C)OC(=O)N1CC(c2cccc(C#N)n2)C1. The van der Waals surface area contributed by atoms with Gasteiger partial charge in [0.05, 0.1) is 0 Å². The third-order valence-corrected chi connectivity index (χ3v) is 2.84. The van der Waals surface area contributed by atoms with Gasteiger partial charge in [0.15, 0.2) is 0 Å². The first kappa shape index (κ1) is 13.3. The molecule has 1 aliphatic heterocycles. The molecule has 5 nitrogen and oxygen atoms in total. The van der Waals surface area contributed by atoms with E-state index in [9.17, 15) is 4.79 Å². The normalized spacial score (nSPS) is 15.6. The number of pyridine rings is 1. The summed E-state index contributed by atoms with van der Waals surface area (Å²) in [7, 11) is 0. The summed E-state index contributed by atoms with van der Waals surface area (Å²) in [5.74, 6) is 0.195. The molecule has 0 radical (unpaired) electrons. The van der Waals surface area contributed by atoms with Crippen LogP contribution >= 0.6 is 0 Å². The molecule has 0 saturated carbocycles. The molecule has 2 rings (SSSR count). The Kier molecular flexibility index (Phi) is 3.43. The Bertz CT molecular complexity index is 522. The van der Waals surface area contributed by atoms with Crippen LogP contribution in [-0.4, -0.2) is 34.7 Å². The van der Waals surface area contributed by atoms with Gasteiger partial charge in [-0.25, -0.2) is 9.78 Å². The molecule has 1 amide bonds. The van der Waals surface area contributed by atoms with Crippen LogP contribution in [0.25, 0.3) is 0 Å². The fraction of sp³-hybridized carbons (Fsp3) is 0.500. The highest BCUT2D eigenvalue weighted by Gasteiger charge is 2.35. The summed E-state index contributed by atoms with van der Waals surface area (Å²) in [6.45, 7) is 6.73. The summed E-state index contributed by atoms with van der Waals surface area (Å²) in [6.07, 6.45) is -0.291. The second-order valence-electron chi connectivity index (χ2n) is 5.64. The van der Waals surface area contributed by atoms with Crippen molar-refractivity contribution in [1.82, 2.24) is 9.88 Å². The average Bonchev–Trinajstić information content (AvgIpc) is 2.25. The molecule has 1 aliphatic rings. The van der Waals surface area contributed by atoms with Gasteiger partial charge in [0, 0.05) is 24.7 Å². The first-order valence-electron chi connectivity index (χ1n) is 6.24. The van der Waals surface area contributed by atoms with Crippen LogP contribution in [0.15, 0.2) is 18.2 Å². The topological polar surface area (TPSA) is 66.2 Å². The van der Waals surface area contributed by atoms with E-state index in [2.05, 4.69) is 4.98 Å². The van der Waals surface area contributed by atoms with Gasteiger partial charge < -0.3 is 9.64 Å². The number of amides is 1. The van der Waals surface area contributed by atoms with E-state index in [1.54, 1.807) is 11.0 Å².